The Labute approximate surface area is 73.0 Å². The SMILES string of the molecule is Br.CCC.c1cc2cc-2c1. The van der Waals surface area contributed by atoms with Crippen LogP contribution in [0.4, 0.5) is 0 Å². The third-order valence-corrected chi connectivity index (χ3v) is 1.11. The third kappa shape index (κ3) is 2.53. The van der Waals surface area contributed by atoms with Crippen LogP contribution in [0.2, 0.25) is 0 Å². The lowest BCUT2D eigenvalue weighted by Gasteiger charge is -1.48. The Morgan fingerprint density at radius 3 is 1.60 bits per heavy atom. The van der Waals surface area contributed by atoms with Gasteiger partial charge in [-0.3, -0.25) is 0 Å². The summed E-state index contributed by atoms with van der Waals surface area (Å²) in [5, 5.41) is 0. The highest BCUT2D eigenvalue weighted by Crippen LogP contribution is 2.32. The average Bonchev–Trinajstić information content (AvgIpc) is 2.43. The minimum absolute atomic E-state index is 0. The number of fused-ring (bicyclic) bond motifs is 1. The van der Waals surface area contributed by atoms with Crippen molar-refractivity contribution in [3.63, 3.8) is 0 Å². The van der Waals surface area contributed by atoms with E-state index in [-0.39, 0.29) is 17.0 Å². The summed E-state index contributed by atoms with van der Waals surface area (Å²) in [4.78, 5) is 0. The molecular weight excluding hydrogens is 188 g/mol. The molecule has 2 rings (SSSR count). The second kappa shape index (κ2) is 4.51. The molecule has 0 aromatic heterocycles. The molecular formula is C9H13Br. The molecule has 0 N–H and O–H groups in total. The predicted octanol–water partition coefficient (Wildman–Crippen LogP) is 3.66. The maximum absolute atomic E-state index is 2.17. The predicted molar refractivity (Wildman–Crippen MR) is 51.7 cm³/mol. The number of halogens is 1. The first-order valence-electron chi connectivity index (χ1n) is 3.49. The van der Waals surface area contributed by atoms with Crippen molar-refractivity contribution in [1.29, 1.82) is 0 Å². The van der Waals surface area contributed by atoms with Gasteiger partial charge in [0.2, 0.25) is 0 Å². The van der Waals surface area contributed by atoms with E-state index < -0.39 is 0 Å². The van der Waals surface area contributed by atoms with E-state index in [9.17, 15) is 0 Å². The molecule has 56 valence electrons. The summed E-state index contributed by atoms with van der Waals surface area (Å²) in [5.74, 6) is 0. The minimum atomic E-state index is 0. The zero-order valence-corrected chi connectivity index (χ0v) is 8.14. The molecule has 2 aliphatic carbocycles. The van der Waals surface area contributed by atoms with Gasteiger partial charge in [0, 0.05) is 0 Å². The van der Waals surface area contributed by atoms with Crippen LogP contribution < -0.4 is 0 Å². The zero-order chi connectivity index (χ0) is 6.69. The fourth-order valence-electron chi connectivity index (χ4n) is 0.676. The first kappa shape index (κ1) is 9.70. The summed E-state index contributed by atoms with van der Waals surface area (Å²) in [6.07, 6.45) is 1.25. The van der Waals surface area contributed by atoms with Crippen molar-refractivity contribution < 1.29 is 0 Å². The average molecular weight is 201 g/mol. The van der Waals surface area contributed by atoms with E-state index in [0.29, 0.717) is 0 Å². The molecule has 10 heavy (non-hydrogen) atoms. The van der Waals surface area contributed by atoms with Crippen LogP contribution in [-0.4, -0.2) is 0 Å². The van der Waals surface area contributed by atoms with Gasteiger partial charge >= 0.3 is 0 Å². The molecule has 2 aliphatic rings. The Morgan fingerprint density at radius 1 is 1.10 bits per heavy atom. The van der Waals surface area contributed by atoms with Crippen molar-refractivity contribution in [2.75, 3.05) is 0 Å². The number of rotatable bonds is 0. The van der Waals surface area contributed by atoms with Gasteiger partial charge in [-0.25, -0.2) is 0 Å². The van der Waals surface area contributed by atoms with E-state index in [1.54, 1.807) is 0 Å². The molecule has 1 heteroatoms. The van der Waals surface area contributed by atoms with E-state index in [1.807, 2.05) is 0 Å². The smallest absolute Gasteiger partial charge is 0.0178 e. The minimum Gasteiger partial charge on any atom is -0.114 e. The summed E-state index contributed by atoms with van der Waals surface area (Å²) in [6.45, 7) is 4.25. The molecule has 0 heterocycles. The van der Waals surface area contributed by atoms with Gasteiger partial charge in [-0.2, -0.15) is 0 Å². The van der Waals surface area contributed by atoms with Crippen LogP contribution in [0.5, 0.6) is 0 Å². The number of hydrogen-bond acceptors (Lipinski definition) is 0. The molecule has 0 amide bonds. The highest BCUT2D eigenvalue weighted by atomic mass is 79.9. The third-order valence-electron chi connectivity index (χ3n) is 1.11. The highest BCUT2D eigenvalue weighted by Gasteiger charge is 2.06. The summed E-state index contributed by atoms with van der Waals surface area (Å²) < 4.78 is 0. The molecule has 0 aromatic rings. The largest absolute Gasteiger partial charge is 0.114 e. The first-order valence-corrected chi connectivity index (χ1v) is 3.49. The Hall–Kier alpha value is -0.300. The normalized spacial score (nSPS) is 8.60. The molecule has 0 fully saturated rings. The van der Waals surface area contributed by atoms with Crippen LogP contribution >= 0.6 is 17.0 Å². The zero-order valence-electron chi connectivity index (χ0n) is 6.42. The molecule has 0 saturated heterocycles. The van der Waals surface area contributed by atoms with Gasteiger partial charge < -0.3 is 0 Å². The van der Waals surface area contributed by atoms with Crippen molar-refractivity contribution in [2.45, 2.75) is 20.3 Å². The molecule has 0 saturated carbocycles. The molecule has 0 unspecified atom stereocenters. The fraction of sp³-hybridized carbons (Fsp3) is 0.333. The lowest BCUT2D eigenvalue weighted by Crippen LogP contribution is -1.27. The Bertz CT molecular complexity index is 176. The summed E-state index contributed by atoms with van der Waals surface area (Å²) in [6, 6.07) is 8.48. The lowest BCUT2D eigenvalue weighted by atomic mass is 10.6. The van der Waals surface area contributed by atoms with Gasteiger partial charge in [0.25, 0.3) is 0 Å². The van der Waals surface area contributed by atoms with E-state index in [2.05, 4.69) is 38.1 Å². The van der Waals surface area contributed by atoms with Crippen LogP contribution in [0.15, 0.2) is 24.3 Å². The monoisotopic (exact) mass is 200 g/mol. The number of benzene rings is 1. The van der Waals surface area contributed by atoms with Crippen LogP contribution in [0.3, 0.4) is 0 Å². The second-order valence-corrected chi connectivity index (χ2v) is 2.29. The van der Waals surface area contributed by atoms with Gasteiger partial charge in [-0.1, -0.05) is 38.5 Å². The summed E-state index contributed by atoms with van der Waals surface area (Å²) in [7, 11) is 0. The van der Waals surface area contributed by atoms with E-state index in [0.717, 1.165) is 0 Å². The molecule has 0 nitrogen and oxygen atoms in total. The van der Waals surface area contributed by atoms with Gasteiger partial charge in [-0.05, 0) is 17.2 Å². The molecule has 0 aromatic carbocycles. The van der Waals surface area contributed by atoms with Crippen LogP contribution in [0.25, 0.3) is 11.1 Å². The topological polar surface area (TPSA) is 0 Å². The maximum atomic E-state index is 2.17. The highest BCUT2D eigenvalue weighted by molar-refractivity contribution is 8.93. The molecule has 0 radical (unpaired) electrons. The van der Waals surface area contributed by atoms with E-state index in [1.165, 1.54) is 17.5 Å². The lowest BCUT2D eigenvalue weighted by molar-refractivity contribution is 1.09. The fourth-order valence-corrected chi connectivity index (χ4v) is 0.676. The summed E-state index contributed by atoms with van der Waals surface area (Å²) >= 11 is 0. The molecule has 0 bridgehead atoms. The van der Waals surface area contributed by atoms with E-state index in [4.69, 9.17) is 0 Å². The quantitative estimate of drug-likeness (QED) is 0.610. The standard InChI is InChI=1S/C6H4.C3H8.BrH/c1-2-5-4-6(5)3-1;1-3-2;/h1-4H;3H2,1-2H3;1H. The van der Waals surface area contributed by atoms with Crippen molar-refractivity contribution in [3.05, 3.63) is 24.3 Å². The Balaban J connectivity index is 0.000000183. The molecule has 0 atom stereocenters. The van der Waals surface area contributed by atoms with Crippen molar-refractivity contribution in [3.8, 4) is 11.1 Å². The van der Waals surface area contributed by atoms with Crippen LogP contribution in [0, 0.1) is 0 Å². The number of hydrogen-bond donors (Lipinski definition) is 0. The van der Waals surface area contributed by atoms with E-state index >= 15 is 0 Å². The van der Waals surface area contributed by atoms with Gasteiger partial charge in [0.1, 0.15) is 0 Å². The van der Waals surface area contributed by atoms with Gasteiger partial charge in [0.15, 0.2) is 0 Å². The van der Waals surface area contributed by atoms with Gasteiger partial charge in [-0.15, -0.1) is 17.0 Å². The summed E-state index contributed by atoms with van der Waals surface area (Å²) in [5.41, 5.74) is 2.85. The molecule has 0 spiro atoms. The maximum Gasteiger partial charge on any atom is -0.0178 e. The van der Waals surface area contributed by atoms with Crippen LogP contribution in [0.1, 0.15) is 20.3 Å². The Morgan fingerprint density at radius 2 is 1.50 bits per heavy atom. The van der Waals surface area contributed by atoms with Gasteiger partial charge in [0.05, 0.1) is 0 Å². The van der Waals surface area contributed by atoms with Crippen molar-refractivity contribution in [2.24, 2.45) is 0 Å². The second-order valence-electron chi connectivity index (χ2n) is 2.29. The van der Waals surface area contributed by atoms with Crippen molar-refractivity contribution >= 4 is 17.0 Å². The van der Waals surface area contributed by atoms with Crippen molar-refractivity contribution in [1.82, 2.24) is 0 Å². The molecule has 0 aliphatic heterocycles. The van der Waals surface area contributed by atoms with Crippen LogP contribution in [-0.2, 0) is 0 Å². The Kier molecular flexibility index (Phi) is 4.37. The first-order chi connectivity index (χ1) is 4.38.